The molecule has 0 saturated carbocycles. The Bertz CT molecular complexity index is 917. The van der Waals surface area contributed by atoms with Gasteiger partial charge < -0.3 is 14.8 Å². The van der Waals surface area contributed by atoms with E-state index in [1.165, 1.54) is 18.2 Å². The number of nitrogens with one attached hydrogen (secondary N) is 2. The van der Waals surface area contributed by atoms with E-state index in [0.717, 1.165) is 11.3 Å². The molecule has 2 N–H and O–H groups in total. The van der Waals surface area contributed by atoms with Crippen molar-refractivity contribution >= 4 is 27.5 Å². The maximum Gasteiger partial charge on any atom is 0.257 e. The molecule has 0 saturated heterocycles. The van der Waals surface area contributed by atoms with Crippen LogP contribution in [-0.2, 0) is 21.2 Å². The molecule has 0 aliphatic rings. The van der Waals surface area contributed by atoms with Crippen molar-refractivity contribution in [1.29, 1.82) is 0 Å². The van der Waals surface area contributed by atoms with Gasteiger partial charge >= 0.3 is 0 Å². The molecule has 7 nitrogen and oxygen atoms in total. The SMILES string of the molecule is CCCNS(=O)(=O)c1ccc(OCC(=O)NCCc2ccc(OC)cc2)c(Cl)c1. The van der Waals surface area contributed by atoms with Gasteiger partial charge in [-0.05, 0) is 48.7 Å². The molecule has 9 heteroatoms. The van der Waals surface area contributed by atoms with Gasteiger partial charge in [0.15, 0.2) is 6.61 Å². The Hall–Kier alpha value is -2.29. The highest BCUT2D eigenvalue weighted by molar-refractivity contribution is 7.89. The summed E-state index contributed by atoms with van der Waals surface area (Å²) >= 11 is 6.10. The second-order valence-corrected chi connectivity index (χ2v) is 8.40. The van der Waals surface area contributed by atoms with E-state index < -0.39 is 10.0 Å². The summed E-state index contributed by atoms with van der Waals surface area (Å²) in [5.41, 5.74) is 1.07. The molecule has 0 heterocycles. The van der Waals surface area contributed by atoms with Crippen LogP contribution in [-0.4, -0.2) is 41.1 Å². The summed E-state index contributed by atoms with van der Waals surface area (Å²) in [5, 5.41) is 2.88. The summed E-state index contributed by atoms with van der Waals surface area (Å²) in [5.74, 6) is 0.727. The average molecular weight is 441 g/mol. The van der Waals surface area contributed by atoms with E-state index in [1.807, 2.05) is 31.2 Å². The quantitative estimate of drug-likeness (QED) is 0.560. The van der Waals surface area contributed by atoms with Gasteiger partial charge in [0.05, 0.1) is 17.0 Å². The Kier molecular flexibility index (Phi) is 8.75. The fourth-order valence-corrected chi connectivity index (χ4v) is 3.88. The third-order valence-electron chi connectivity index (χ3n) is 4.01. The summed E-state index contributed by atoms with van der Waals surface area (Å²) in [6.45, 7) is 2.45. The maximum atomic E-state index is 12.1. The zero-order valence-electron chi connectivity index (χ0n) is 16.4. The smallest absolute Gasteiger partial charge is 0.257 e. The average Bonchev–Trinajstić information content (AvgIpc) is 2.72. The van der Waals surface area contributed by atoms with E-state index in [9.17, 15) is 13.2 Å². The van der Waals surface area contributed by atoms with Crippen LogP contribution < -0.4 is 19.5 Å². The zero-order valence-corrected chi connectivity index (χ0v) is 18.0. The van der Waals surface area contributed by atoms with Crippen LogP contribution in [0.25, 0.3) is 0 Å². The first-order chi connectivity index (χ1) is 13.9. The zero-order chi connectivity index (χ0) is 21.3. The minimum absolute atomic E-state index is 0.0484. The first kappa shape index (κ1) is 23.0. The van der Waals surface area contributed by atoms with Gasteiger partial charge in [0, 0.05) is 13.1 Å². The second kappa shape index (κ2) is 11.0. The van der Waals surface area contributed by atoms with E-state index in [-0.39, 0.29) is 28.2 Å². The molecule has 0 bridgehead atoms. The van der Waals surface area contributed by atoms with Crippen molar-refractivity contribution in [2.75, 3.05) is 26.8 Å². The number of methoxy groups -OCH3 is 1. The van der Waals surface area contributed by atoms with E-state index >= 15 is 0 Å². The lowest BCUT2D eigenvalue weighted by Gasteiger charge is -2.11. The number of amides is 1. The van der Waals surface area contributed by atoms with Crippen LogP contribution in [0.4, 0.5) is 0 Å². The van der Waals surface area contributed by atoms with Crippen LogP contribution >= 0.6 is 11.6 Å². The lowest BCUT2D eigenvalue weighted by atomic mass is 10.1. The van der Waals surface area contributed by atoms with Crippen LogP contribution in [0.3, 0.4) is 0 Å². The minimum atomic E-state index is -3.61. The monoisotopic (exact) mass is 440 g/mol. The van der Waals surface area contributed by atoms with Crippen molar-refractivity contribution in [2.45, 2.75) is 24.7 Å². The molecule has 2 rings (SSSR count). The largest absolute Gasteiger partial charge is 0.497 e. The number of benzene rings is 2. The van der Waals surface area contributed by atoms with E-state index in [0.29, 0.717) is 25.9 Å². The summed E-state index contributed by atoms with van der Waals surface area (Å²) in [6, 6.07) is 11.7. The number of hydrogen-bond acceptors (Lipinski definition) is 5. The molecular formula is C20H25ClN2O5S. The van der Waals surface area contributed by atoms with Crippen LogP contribution in [0.2, 0.25) is 5.02 Å². The molecule has 0 aliphatic heterocycles. The molecule has 0 unspecified atom stereocenters. The molecular weight excluding hydrogens is 416 g/mol. The summed E-state index contributed by atoms with van der Waals surface area (Å²) in [7, 11) is -2.00. The van der Waals surface area contributed by atoms with Crippen molar-refractivity contribution in [3.05, 3.63) is 53.1 Å². The lowest BCUT2D eigenvalue weighted by Crippen LogP contribution is -2.30. The van der Waals surface area contributed by atoms with Crippen LogP contribution in [0.5, 0.6) is 11.5 Å². The summed E-state index contributed by atoms with van der Waals surface area (Å²) < 4.78 is 37.2. The third-order valence-corrected chi connectivity index (χ3v) is 5.76. The Morgan fingerprint density at radius 1 is 1.10 bits per heavy atom. The predicted molar refractivity (Wildman–Crippen MR) is 112 cm³/mol. The lowest BCUT2D eigenvalue weighted by molar-refractivity contribution is -0.123. The first-order valence-electron chi connectivity index (χ1n) is 9.17. The highest BCUT2D eigenvalue weighted by atomic mass is 35.5. The van der Waals surface area contributed by atoms with Crippen LogP contribution in [0.15, 0.2) is 47.4 Å². The van der Waals surface area contributed by atoms with E-state index in [4.69, 9.17) is 21.1 Å². The second-order valence-electron chi connectivity index (χ2n) is 6.23. The number of hydrogen-bond donors (Lipinski definition) is 2. The molecule has 158 valence electrons. The van der Waals surface area contributed by atoms with Gasteiger partial charge in [-0.3, -0.25) is 4.79 Å². The molecule has 0 atom stereocenters. The number of rotatable bonds is 11. The Labute approximate surface area is 176 Å². The van der Waals surface area contributed by atoms with Crippen LogP contribution in [0, 0.1) is 0 Å². The number of ether oxygens (including phenoxy) is 2. The Balaban J connectivity index is 1.81. The molecule has 29 heavy (non-hydrogen) atoms. The normalized spacial score (nSPS) is 11.1. The number of carbonyl (C=O) groups is 1. The molecule has 0 fully saturated rings. The first-order valence-corrected chi connectivity index (χ1v) is 11.0. The van der Waals surface area contributed by atoms with Crippen molar-refractivity contribution in [3.8, 4) is 11.5 Å². The maximum absolute atomic E-state index is 12.1. The molecule has 1 amide bonds. The molecule has 0 radical (unpaired) electrons. The predicted octanol–water partition coefficient (Wildman–Crippen LogP) is 2.77. The van der Waals surface area contributed by atoms with Gasteiger partial charge in [-0.2, -0.15) is 0 Å². The van der Waals surface area contributed by atoms with Gasteiger partial charge in [-0.1, -0.05) is 30.7 Å². The van der Waals surface area contributed by atoms with E-state index in [1.54, 1.807) is 7.11 Å². The highest BCUT2D eigenvalue weighted by Crippen LogP contribution is 2.27. The van der Waals surface area contributed by atoms with Crippen molar-refractivity contribution in [1.82, 2.24) is 10.0 Å². The fraction of sp³-hybridized carbons (Fsp3) is 0.350. The Morgan fingerprint density at radius 3 is 2.45 bits per heavy atom. The van der Waals surface area contributed by atoms with Gasteiger partial charge in [-0.25, -0.2) is 13.1 Å². The van der Waals surface area contributed by atoms with Crippen molar-refractivity contribution < 1.29 is 22.7 Å². The summed E-state index contributed by atoms with van der Waals surface area (Å²) in [6.07, 6.45) is 1.36. The van der Waals surface area contributed by atoms with Gasteiger partial charge in [0.2, 0.25) is 10.0 Å². The minimum Gasteiger partial charge on any atom is -0.497 e. The number of carbonyl (C=O) groups excluding carboxylic acids is 1. The fourth-order valence-electron chi connectivity index (χ4n) is 2.42. The van der Waals surface area contributed by atoms with Gasteiger partial charge in [0.1, 0.15) is 11.5 Å². The molecule has 2 aromatic rings. The highest BCUT2D eigenvalue weighted by Gasteiger charge is 2.15. The van der Waals surface area contributed by atoms with Crippen molar-refractivity contribution in [3.63, 3.8) is 0 Å². The van der Waals surface area contributed by atoms with Crippen LogP contribution in [0.1, 0.15) is 18.9 Å². The molecule has 0 aromatic heterocycles. The number of halogens is 1. The molecule has 0 aliphatic carbocycles. The molecule has 2 aromatic carbocycles. The topological polar surface area (TPSA) is 93.7 Å². The van der Waals surface area contributed by atoms with E-state index in [2.05, 4.69) is 10.0 Å². The Morgan fingerprint density at radius 2 is 1.83 bits per heavy atom. The third kappa shape index (κ3) is 7.23. The molecule has 0 spiro atoms. The van der Waals surface area contributed by atoms with Gasteiger partial charge in [0.25, 0.3) is 5.91 Å². The number of sulfonamides is 1. The summed E-state index contributed by atoms with van der Waals surface area (Å²) in [4.78, 5) is 12.0. The van der Waals surface area contributed by atoms with Gasteiger partial charge in [-0.15, -0.1) is 0 Å². The van der Waals surface area contributed by atoms with Crippen molar-refractivity contribution in [2.24, 2.45) is 0 Å². The standard InChI is InChI=1S/C20H25ClN2O5S/c1-3-11-23-29(25,26)17-8-9-19(18(21)13-17)28-14-20(24)22-12-10-15-4-6-16(27-2)7-5-15/h4-9,13,23H,3,10-12,14H2,1-2H3,(H,22,24).